The van der Waals surface area contributed by atoms with Crippen molar-refractivity contribution in [2.24, 2.45) is 5.73 Å². The van der Waals surface area contributed by atoms with Crippen LogP contribution < -0.4 is 11.1 Å². The molecule has 148 valence electrons. The second kappa shape index (κ2) is 8.02. The van der Waals surface area contributed by atoms with Crippen LogP contribution in [0.1, 0.15) is 37.8 Å². The highest BCUT2D eigenvalue weighted by Crippen LogP contribution is 2.44. The fourth-order valence-electron chi connectivity index (χ4n) is 3.31. The number of benzene rings is 2. The Morgan fingerprint density at radius 3 is 2.07 bits per heavy atom. The summed E-state index contributed by atoms with van der Waals surface area (Å²) in [6.07, 6.45) is -0.692. The molecule has 0 bridgehead atoms. The number of hydrogen-bond acceptors (Lipinski definition) is 4. The highest BCUT2D eigenvalue weighted by Gasteiger charge is 2.29. The number of fused-ring (bicyclic) bond motifs is 3. The molecular formula is C22H26N2O4. The van der Waals surface area contributed by atoms with Gasteiger partial charge < -0.3 is 20.5 Å². The highest BCUT2D eigenvalue weighted by atomic mass is 16.5. The van der Waals surface area contributed by atoms with E-state index in [1.54, 1.807) is 0 Å². The lowest BCUT2D eigenvalue weighted by molar-refractivity contribution is -0.123. The van der Waals surface area contributed by atoms with E-state index in [1.165, 1.54) is 0 Å². The van der Waals surface area contributed by atoms with Crippen molar-refractivity contribution in [2.75, 3.05) is 13.2 Å². The fourth-order valence-corrected chi connectivity index (χ4v) is 3.31. The minimum atomic E-state index is -0.949. The molecule has 2 aromatic rings. The normalized spacial score (nSPS) is 14.1. The van der Waals surface area contributed by atoms with Gasteiger partial charge in [-0.3, -0.25) is 4.79 Å². The largest absolute Gasteiger partial charge is 0.449 e. The molecule has 1 aliphatic rings. The zero-order valence-electron chi connectivity index (χ0n) is 16.4. The summed E-state index contributed by atoms with van der Waals surface area (Å²) in [6, 6.07) is 15.2. The first-order valence-electron chi connectivity index (χ1n) is 9.31. The molecule has 3 N–H and O–H groups in total. The minimum absolute atomic E-state index is 0.0109. The van der Waals surface area contributed by atoms with Crippen LogP contribution in [0, 0.1) is 0 Å². The van der Waals surface area contributed by atoms with Gasteiger partial charge >= 0.3 is 6.09 Å². The molecule has 0 aromatic heterocycles. The molecule has 0 heterocycles. The van der Waals surface area contributed by atoms with Crippen LogP contribution in [0.15, 0.2) is 48.5 Å². The number of rotatable bonds is 6. The van der Waals surface area contributed by atoms with Crippen molar-refractivity contribution in [3.8, 4) is 11.1 Å². The van der Waals surface area contributed by atoms with Crippen molar-refractivity contribution in [3.63, 3.8) is 0 Å². The maximum absolute atomic E-state index is 12.3. The molecule has 6 nitrogen and oxygen atoms in total. The first-order valence-corrected chi connectivity index (χ1v) is 9.31. The summed E-state index contributed by atoms with van der Waals surface area (Å²) in [5.41, 5.74) is 9.48. The maximum atomic E-state index is 12.3. The Kier molecular flexibility index (Phi) is 5.70. The Labute approximate surface area is 165 Å². The van der Waals surface area contributed by atoms with Gasteiger partial charge in [-0.2, -0.15) is 0 Å². The predicted molar refractivity (Wildman–Crippen MR) is 107 cm³/mol. The van der Waals surface area contributed by atoms with Gasteiger partial charge in [0.1, 0.15) is 12.6 Å². The van der Waals surface area contributed by atoms with Crippen molar-refractivity contribution in [3.05, 3.63) is 59.7 Å². The third-order valence-electron chi connectivity index (χ3n) is 4.66. The van der Waals surface area contributed by atoms with Gasteiger partial charge in [0.15, 0.2) is 0 Å². The number of ether oxygens (including phenoxy) is 2. The molecule has 28 heavy (non-hydrogen) atoms. The average Bonchev–Trinajstić information content (AvgIpc) is 2.96. The van der Waals surface area contributed by atoms with Crippen LogP contribution in [0.4, 0.5) is 4.79 Å². The van der Waals surface area contributed by atoms with Gasteiger partial charge in [0.05, 0.1) is 12.2 Å². The molecule has 1 atom stereocenters. The number of carbonyl (C=O) groups excluding carboxylic acids is 2. The lowest BCUT2D eigenvalue weighted by atomic mass is 9.98. The fraction of sp³-hybridized carbons (Fsp3) is 0.364. The molecule has 0 fully saturated rings. The Bertz CT molecular complexity index is 827. The van der Waals surface area contributed by atoms with E-state index < -0.39 is 23.6 Å². The van der Waals surface area contributed by atoms with E-state index in [0.717, 1.165) is 22.3 Å². The van der Waals surface area contributed by atoms with Crippen LogP contribution in [-0.4, -0.2) is 36.9 Å². The summed E-state index contributed by atoms with van der Waals surface area (Å²) in [6.45, 7) is 5.74. The Hall–Kier alpha value is -2.86. The quantitative estimate of drug-likeness (QED) is 0.803. The van der Waals surface area contributed by atoms with Gasteiger partial charge in [0, 0.05) is 5.92 Å². The Balaban J connectivity index is 1.65. The second-order valence-corrected chi connectivity index (χ2v) is 7.85. The van der Waals surface area contributed by atoms with Gasteiger partial charge in [0.2, 0.25) is 5.91 Å². The molecular weight excluding hydrogens is 356 g/mol. The molecule has 2 amide bonds. The standard InChI is InChI=1S/C22H26N2O4/c1-22(2,3)28-13-19(20(23)25)24-21(26)27-12-18-16-10-6-4-8-14(16)15-9-5-7-11-17(15)18/h4-11,18-19H,12-13H2,1-3H3,(H2,23,25)(H,24,26)/t19-/m0/s1. The van der Waals surface area contributed by atoms with Gasteiger partial charge in [0.25, 0.3) is 0 Å². The number of primary amides is 1. The first kappa shape index (κ1) is 19.9. The average molecular weight is 382 g/mol. The summed E-state index contributed by atoms with van der Waals surface area (Å²) in [5.74, 6) is -0.714. The van der Waals surface area contributed by atoms with Crippen molar-refractivity contribution < 1.29 is 19.1 Å². The number of nitrogens with one attached hydrogen (secondary N) is 1. The summed E-state index contributed by atoms with van der Waals surface area (Å²) in [4.78, 5) is 23.9. The topological polar surface area (TPSA) is 90.7 Å². The minimum Gasteiger partial charge on any atom is -0.449 e. The van der Waals surface area contributed by atoms with Crippen LogP contribution in [0.25, 0.3) is 11.1 Å². The van der Waals surface area contributed by atoms with E-state index >= 15 is 0 Å². The molecule has 0 aliphatic heterocycles. The molecule has 0 unspecified atom stereocenters. The van der Waals surface area contributed by atoms with E-state index in [0.29, 0.717) is 0 Å². The SMILES string of the molecule is CC(C)(C)OC[C@H](NC(=O)OCC1c2ccccc2-c2ccccc21)C(N)=O. The van der Waals surface area contributed by atoms with Crippen molar-refractivity contribution >= 4 is 12.0 Å². The van der Waals surface area contributed by atoms with E-state index in [2.05, 4.69) is 17.4 Å². The van der Waals surface area contributed by atoms with Gasteiger partial charge in [-0.1, -0.05) is 48.5 Å². The summed E-state index contributed by atoms with van der Waals surface area (Å²) < 4.78 is 11.0. The zero-order valence-corrected chi connectivity index (χ0v) is 16.4. The summed E-state index contributed by atoms with van der Waals surface area (Å²) >= 11 is 0. The van der Waals surface area contributed by atoms with Crippen LogP contribution in [0.2, 0.25) is 0 Å². The lowest BCUT2D eigenvalue weighted by Crippen LogP contribution is -2.48. The number of nitrogens with two attached hydrogens (primary N) is 1. The van der Waals surface area contributed by atoms with Crippen LogP contribution in [-0.2, 0) is 14.3 Å². The molecule has 2 aromatic carbocycles. The molecule has 0 saturated carbocycles. The van der Waals surface area contributed by atoms with Gasteiger partial charge in [-0.15, -0.1) is 0 Å². The van der Waals surface area contributed by atoms with Crippen molar-refractivity contribution in [1.82, 2.24) is 5.32 Å². The predicted octanol–water partition coefficient (Wildman–Crippen LogP) is 3.19. The van der Waals surface area contributed by atoms with E-state index in [9.17, 15) is 9.59 Å². The Morgan fingerprint density at radius 2 is 1.57 bits per heavy atom. The Morgan fingerprint density at radius 1 is 1.04 bits per heavy atom. The number of alkyl carbamates (subject to hydrolysis) is 1. The van der Waals surface area contributed by atoms with Crippen LogP contribution >= 0.6 is 0 Å². The number of carbonyl (C=O) groups is 2. The van der Waals surface area contributed by atoms with E-state index in [-0.39, 0.29) is 19.1 Å². The maximum Gasteiger partial charge on any atom is 0.407 e. The molecule has 0 saturated heterocycles. The van der Waals surface area contributed by atoms with Crippen molar-refractivity contribution in [2.45, 2.75) is 38.3 Å². The van der Waals surface area contributed by atoms with E-state index in [4.69, 9.17) is 15.2 Å². The van der Waals surface area contributed by atoms with Crippen LogP contribution in [0.3, 0.4) is 0 Å². The summed E-state index contributed by atoms with van der Waals surface area (Å²) in [5, 5.41) is 2.50. The molecule has 3 rings (SSSR count). The van der Waals surface area contributed by atoms with Crippen molar-refractivity contribution in [1.29, 1.82) is 0 Å². The number of amides is 2. The number of hydrogen-bond donors (Lipinski definition) is 2. The molecule has 0 radical (unpaired) electrons. The smallest absolute Gasteiger partial charge is 0.407 e. The lowest BCUT2D eigenvalue weighted by Gasteiger charge is -2.23. The van der Waals surface area contributed by atoms with E-state index in [1.807, 2.05) is 57.2 Å². The van der Waals surface area contributed by atoms with Gasteiger partial charge in [-0.25, -0.2) is 4.79 Å². The second-order valence-electron chi connectivity index (χ2n) is 7.85. The monoisotopic (exact) mass is 382 g/mol. The third kappa shape index (κ3) is 4.51. The molecule has 0 spiro atoms. The molecule has 1 aliphatic carbocycles. The van der Waals surface area contributed by atoms with Gasteiger partial charge in [-0.05, 0) is 43.0 Å². The highest BCUT2D eigenvalue weighted by molar-refractivity contribution is 5.84. The first-order chi connectivity index (χ1) is 13.3. The third-order valence-corrected chi connectivity index (χ3v) is 4.66. The zero-order chi connectivity index (χ0) is 20.3. The summed E-state index contributed by atoms with van der Waals surface area (Å²) in [7, 11) is 0. The van der Waals surface area contributed by atoms with Crippen LogP contribution in [0.5, 0.6) is 0 Å². The molecule has 6 heteroatoms.